The summed E-state index contributed by atoms with van der Waals surface area (Å²) < 4.78 is 5.46. The van der Waals surface area contributed by atoms with Crippen molar-refractivity contribution < 1.29 is 4.74 Å². The highest BCUT2D eigenvalue weighted by molar-refractivity contribution is 5.09. The van der Waals surface area contributed by atoms with Crippen LogP contribution in [0, 0.1) is 11.3 Å². The molecule has 2 rings (SSSR count). The maximum Gasteiger partial charge on any atom is 0.130 e. The molecule has 0 aromatic heterocycles. The fraction of sp³-hybridized carbons (Fsp3) is 0.923. The minimum absolute atomic E-state index is 0.396. The molecule has 1 N–H and O–H groups in total. The third-order valence-corrected chi connectivity index (χ3v) is 3.79. The lowest BCUT2D eigenvalue weighted by molar-refractivity contribution is 0.0383. The smallest absolute Gasteiger partial charge is 0.130 e. The molecule has 1 aliphatic carbocycles. The van der Waals surface area contributed by atoms with Crippen molar-refractivity contribution >= 4 is 0 Å². The first-order valence-corrected chi connectivity index (χ1v) is 6.61. The Bertz CT molecular complexity index is 245. The van der Waals surface area contributed by atoms with Gasteiger partial charge in [-0.3, -0.25) is 5.32 Å². The van der Waals surface area contributed by atoms with E-state index in [1.165, 1.54) is 38.5 Å². The molecule has 1 heterocycles. The molecule has 0 spiro atoms. The van der Waals surface area contributed by atoms with Crippen LogP contribution in [0.15, 0.2) is 0 Å². The van der Waals surface area contributed by atoms with E-state index in [4.69, 9.17) is 4.74 Å². The van der Waals surface area contributed by atoms with Gasteiger partial charge in [0.2, 0.25) is 0 Å². The zero-order valence-corrected chi connectivity index (χ0v) is 10.0. The van der Waals surface area contributed by atoms with Crippen LogP contribution in [-0.4, -0.2) is 24.8 Å². The summed E-state index contributed by atoms with van der Waals surface area (Å²) in [5.74, 6) is 0. The molecule has 2 aliphatic rings. The molecule has 3 heteroatoms. The van der Waals surface area contributed by atoms with Gasteiger partial charge in [-0.15, -0.1) is 0 Å². The molecule has 3 nitrogen and oxygen atoms in total. The second-order valence-corrected chi connectivity index (χ2v) is 5.18. The molecule has 1 saturated heterocycles. The van der Waals surface area contributed by atoms with E-state index in [1.54, 1.807) is 0 Å². The van der Waals surface area contributed by atoms with Gasteiger partial charge in [0, 0.05) is 12.6 Å². The molecule has 1 aliphatic heterocycles. The molecule has 0 aromatic rings. The zero-order chi connectivity index (χ0) is 11.3. The molecular weight excluding hydrogens is 200 g/mol. The predicted octanol–water partition coefficient (Wildman–Crippen LogP) is 2.37. The molecule has 1 unspecified atom stereocenters. The van der Waals surface area contributed by atoms with Crippen LogP contribution in [0.5, 0.6) is 0 Å². The van der Waals surface area contributed by atoms with Gasteiger partial charge < -0.3 is 4.74 Å². The Kier molecular flexibility index (Phi) is 4.20. The maximum atomic E-state index is 9.35. The molecule has 16 heavy (non-hydrogen) atoms. The lowest BCUT2D eigenvalue weighted by Crippen LogP contribution is -2.54. The summed E-state index contributed by atoms with van der Waals surface area (Å²) >= 11 is 0. The van der Waals surface area contributed by atoms with Gasteiger partial charge in [0.1, 0.15) is 5.54 Å². The van der Waals surface area contributed by atoms with Crippen LogP contribution >= 0.6 is 0 Å². The Labute approximate surface area is 98.2 Å². The summed E-state index contributed by atoms with van der Waals surface area (Å²) in [5, 5.41) is 12.9. The summed E-state index contributed by atoms with van der Waals surface area (Å²) in [6.07, 6.45) is 9.72. The van der Waals surface area contributed by atoms with E-state index in [-0.39, 0.29) is 0 Å². The third kappa shape index (κ3) is 2.96. The van der Waals surface area contributed by atoms with Gasteiger partial charge in [-0.25, -0.2) is 0 Å². The lowest BCUT2D eigenvalue weighted by Gasteiger charge is -2.35. The molecule has 90 valence electrons. The quantitative estimate of drug-likeness (QED) is 0.730. The highest BCUT2D eigenvalue weighted by Crippen LogP contribution is 2.24. The number of hydrogen-bond donors (Lipinski definition) is 1. The first-order chi connectivity index (χ1) is 7.85. The van der Waals surface area contributed by atoms with Crippen LogP contribution in [0.4, 0.5) is 0 Å². The monoisotopic (exact) mass is 222 g/mol. The van der Waals surface area contributed by atoms with Crippen LogP contribution in [-0.2, 0) is 4.74 Å². The van der Waals surface area contributed by atoms with Crippen molar-refractivity contribution in [2.45, 2.75) is 62.9 Å². The lowest BCUT2D eigenvalue weighted by atomic mass is 9.92. The summed E-state index contributed by atoms with van der Waals surface area (Å²) in [6, 6.07) is 2.98. The Morgan fingerprint density at radius 2 is 1.88 bits per heavy atom. The van der Waals surface area contributed by atoms with Crippen LogP contribution in [0.1, 0.15) is 51.4 Å². The Hall–Kier alpha value is -0.590. The topological polar surface area (TPSA) is 45.0 Å². The van der Waals surface area contributed by atoms with E-state index in [0.717, 1.165) is 19.4 Å². The fourth-order valence-corrected chi connectivity index (χ4v) is 2.84. The van der Waals surface area contributed by atoms with Gasteiger partial charge in [-0.2, -0.15) is 5.26 Å². The van der Waals surface area contributed by atoms with Gasteiger partial charge in [0.15, 0.2) is 0 Å². The minimum atomic E-state index is -0.396. The summed E-state index contributed by atoms with van der Waals surface area (Å²) in [7, 11) is 0. The van der Waals surface area contributed by atoms with Crippen molar-refractivity contribution in [2.24, 2.45) is 0 Å². The number of hydrogen-bond acceptors (Lipinski definition) is 3. The van der Waals surface area contributed by atoms with Gasteiger partial charge >= 0.3 is 0 Å². The van der Waals surface area contributed by atoms with Gasteiger partial charge in [-0.05, 0) is 25.7 Å². The normalized spacial score (nSPS) is 32.9. The van der Waals surface area contributed by atoms with Crippen LogP contribution < -0.4 is 5.32 Å². The molecular formula is C13H22N2O. The van der Waals surface area contributed by atoms with E-state index in [2.05, 4.69) is 11.4 Å². The van der Waals surface area contributed by atoms with Gasteiger partial charge in [0.25, 0.3) is 0 Å². The van der Waals surface area contributed by atoms with E-state index in [1.807, 2.05) is 0 Å². The number of rotatable bonds is 2. The first-order valence-electron chi connectivity index (χ1n) is 6.61. The van der Waals surface area contributed by atoms with E-state index in [0.29, 0.717) is 12.6 Å². The van der Waals surface area contributed by atoms with Crippen molar-refractivity contribution in [3.05, 3.63) is 0 Å². The minimum Gasteiger partial charge on any atom is -0.378 e. The molecule has 0 aromatic carbocycles. The predicted molar refractivity (Wildman–Crippen MR) is 63.0 cm³/mol. The van der Waals surface area contributed by atoms with Gasteiger partial charge in [-0.1, -0.05) is 25.7 Å². The summed E-state index contributed by atoms with van der Waals surface area (Å²) in [6.45, 7) is 1.38. The maximum absolute atomic E-state index is 9.35. The summed E-state index contributed by atoms with van der Waals surface area (Å²) in [5.41, 5.74) is -0.396. The van der Waals surface area contributed by atoms with Crippen molar-refractivity contribution in [2.75, 3.05) is 13.2 Å². The Morgan fingerprint density at radius 1 is 1.12 bits per heavy atom. The number of nitrogens with zero attached hydrogens (tertiary/aromatic N) is 1. The second kappa shape index (κ2) is 5.65. The Balaban J connectivity index is 1.92. The molecule has 2 fully saturated rings. The van der Waals surface area contributed by atoms with E-state index in [9.17, 15) is 5.26 Å². The van der Waals surface area contributed by atoms with E-state index < -0.39 is 5.54 Å². The van der Waals surface area contributed by atoms with Crippen molar-refractivity contribution in [3.8, 4) is 6.07 Å². The SMILES string of the molecule is N#CC1(NC2CCCCCC2)CCCOC1. The second-order valence-electron chi connectivity index (χ2n) is 5.18. The largest absolute Gasteiger partial charge is 0.378 e. The third-order valence-electron chi connectivity index (χ3n) is 3.79. The van der Waals surface area contributed by atoms with Crippen LogP contribution in [0.25, 0.3) is 0 Å². The highest BCUT2D eigenvalue weighted by Gasteiger charge is 2.34. The number of nitrogens with one attached hydrogen (secondary N) is 1. The zero-order valence-electron chi connectivity index (χ0n) is 10.0. The Morgan fingerprint density at radius 3 is 2.44 bits per heavy atom. The molecule has 0 bridgehead atoms. The first kappa shape index (κ1) is 11.9. The number of ether oxygens (including phenoxy) is 1. The van der Waals surface area contributed by atoms with Crippen molar-refractivity contribution in [3.63, 3.8) is 0 Å². The van der Waals surface area contributed by atoms with E-state index >= 15 is 0 Å². The van der Waals surface area contributed by atoms with Crippen molar-refractivity contribution in [1.29, 1.82) is 5.26 Å². The molecule has 0 radical (unpaired) electrons. The highest BCUT2D eigenvalue weighted by atomic mass is 16.5. The van der Waals surface area contributed by atoms with Crippen molar-refractivity contribution in [1.82, 2.24) is 5.32 Å². The number of nitriles is 1. The standard InChI is InChI=1S/C13H22N2O/c14-10-13(8-5-9-16-11-13)15-12-6-3-1-2-4-7-12/h12,15H,1-9,11H2. The average molecular weight is 222 g/mol. The van der Waals surface area contributed by atoms with Gasteiger partial charge in [0.05, 0.1) is 12.7 Å². The average Bonchev–Trinajstić information content (AvgIpc) is 2.59. The molecule has 0 amide bonds. The van der Waals surface area contributed by atoms with Crippen LogP contribution in [0.2, 0.25) is 0 Å². The fourth-order valence-electron chi connectivity index (χ4n) is 2.84. The van der Waals surface area contributed by atoms with Crippen LogP contribution in [0.3, 0.4) is 0 Å². The summed E-state index contributed by atoms with van der Waals surface area (Å²) in [4.78, 5) is 0. The molecule has 1 atom stereocenters. The molecule has 1 saturated carbocycles.